The maximum Gasteiger partial charge on any atom is 0.129 e. The summed E-state index contributed by atoms with van der Waals surface area (Å²) in [6.45, 7) is 8.84. The molecule has 1 aliphatic rings. The van der Waals surface area contributed by atoms with Gasteiger partial charge in [0.05, 0.1) is 6.61 Å². The van der Waals surface area contributed by atoms with Crippen molar-refractivity contribution in [1.82, 2.24) is 0 Å². The molecule has 0 unspecified atom stereocenters. The molecule has 0 saturated carbocycles. The standard InChI is InChI=1S/C21H26O3.Pt/c1-14-15(2)20-18(10-11-21(4,13-22)24-20)16(3)19(14)23-12-17-8-6-5-7-9-17;/h5-9,22H,10-13H2,1-4H3;/t21-;/m0./s1. The molecule has 0 saturated heterocycles. The van der Waals surface area contributed by atoms with Crippen LogP contribution in [0.5, 0.6) is 11.5 Å². The van der Waals surface area contributed by atoms with Crippen molar-refractivity contribution in [1.29, 1.82) is 0 Å². The summed E-state index contributed by atoms with van der Waals surface area (Å²) in [5.74, 6) is 1.89. The van der Waals surface area contributed by atoms with Crippen LogP contribution in [0.25, 0.3) is 0 Å². The Morgan fingerprint density at radius 2 is 1.76 bits per heavy atom. The van der Waals surface area contributed by atoms with E-state index in [1.165, 1.54) is 5.56 Å². The van der Waals surface area contributed by atoms with Crippen LogP contribution in [0.1, 0.15) is 41.2 Å². The second-order valence-corrected chi connectivity index (χ2v) is 7.00. The van der Waals surface area contributed by atoms with E-state index in [0.29, 0.717) is 6.61 Å². The number of benzene rings is 2. The summed E-state index contributed by atoms with van der Waals surface area (Å²) < 4.78 is 12.3. The van der Waals surface area contributed by atoms with Gasteiger partial charge in [-0.1, -0.05) is 30.3 Å². The van der Waals surface area contributed by atoms with E-state index in [2.05, 4.69) is 32.9 Å². The molecule has 0 radical (unpaired) electrons. The molecule has 25 heavy (non-hydrogen) atoms. The normalized spacial score (nSPS) is 18.8. The van der Waals surface area contributed by atoms with Crippen molar-refractivity contribution in [2.24, 2.45) is 0 Å². The van der Waals surface area contributed by atoms with Gasteiger partial charge in [0.15, 0.2) is 0 Å². The fourth-order valence-electron chi connectivity index (χ4n) is 3.34. The third-order valence-electron chi connectivity index (χ3n) is 5.12. The Hall–Kier alpha value is -1.31. The Morgan fingerprint density at radius 3 is 2.40 bits per heavy atom. The second-order valence-electron chi connectivity index (χ2n) is 7.00. The molecule has 1 heterocycles. The van der Waals surface area contributed by atoms with E-state index in [1.807, 2.05) is 25.1 Å². The van der Waals surface area contributed by atoms with Gasteiger partial charge in [0.25, 0.3) is 0 Å². The molecule has 3 nitrogen and oxygen atoms in total. The molecule has 1 aliphatic heterocycles. The quantitative estimate of drug-likeness (QED) is 0.654. The van der Waals surface area contributed by atoms with E-state index in [1.54, 1.807) is 0 Å². The largest absolute Gasteiger partial charge is 0.488 e. The number of hydrogen-bond donors (Lipinski definition) is 1. The number of ether oxygens (including phenoxy) is 2. The van der Waals surface area contributed by atoms with E-state index >= 15 is 0 Å². The van der Waals surface area contributed by atoms with Crippen molar-refractivity contribution in [2.45, 2.75) is 52.7 Å². The van der Waals surface area contributed by atoms with Crippen LogP contribution in [-0.2, 0) is 34.1 Å². The summed E-state index contributed by atoms with van der Waals surface area (Å²) in [7, 11) is 0. The van der Waals surface area contributed by atoms with E-state index in [9.17, 15) is 5.11 Å². The molecule has 138 valence electrons. The van der Waals surface area contributed by atoms with Crippen molar-refractivity contribution in [2.75, 3.05) is 6.61 Å². The van der Waals surface area contributed by atoms with Crippen molar-refractivity contribution in [3.05, 3.63) is 58.1 Å². The van der Waals surface area contributed by atoms with Crippen LogP contribution < -0.4 is 9.47 Å². The number of fused-ring (bicyclic) bond motifs is 1. The average Bonchev–Trinajstić information content (AvgIpc) is 2.60. The van der Waals surface area contributed by atoms with Crippen LogP contribution in [0.4, 0.5) is 0 Å². The molecule has 0 bridgehead atoms. The van der Waals surface area contributed by atoms with Crippen LogP contribution in [0.15, 0.2) is 30.3 Å². The molecule has 2 aromatic rings. The van der Waals surface area contributed by atoms with Crippen LogP contribution in [0.3, 0.4) is 0 Å². The van der Waals surface area contributed by atoms with E-state index in [4.69, 9.17) is 9.47 Å². The molecule has 4 heteroatoms. The molecular weight excluding hydrogens is 495 g/mol. The number of aliphatic hydroxyl groups excluding tert-OH is 1. The van der Waals surface area contributed by atoms with Gasteiger partial charge < -0.3 is 14.6 Å². The minimum Gasteiger partial charge on any atom is -0.488 e. The summed E-state index contributed by atoms with van der Waals surface area (Å²) in [4.78, 5) is 0. The first-order valence-electron chi connectivity index (χ1n) is 8.54. The maximum absolute atomic E-state index is 9.62. The zero-order valence-electron chi connectivity index (χ0n) is 15.3. The van der Waals surface area contributed by atoms with Crippen molar-refractivity contribution in [3.63, 3.8) is 0 Å². The zero-order valence-corrected chi connectivity index (χ0v) is 17.6. The maximum atomic E-state index is 9.62. The SMILES string of the molecule is Cc1c(C)c2c(c(C)c1OCc1ccccc1)CC[C@@](C)(CO)O2.[Pt]. The third-order valence-corrected chi connectivity index (χ3v) is 5.12. The molecule has 3 rings (SSSR count). The Balaban J connectivity index is 0.00000225. The summed E-state index contributed by atoms with van der Waals surface area (Å²) in [5.41, 5.74) is 5.28. The molecule has 0 fully saturated rings. The predicted molar refractivity (Wildman–Crippen MR) is 95.9 cm³/mol. The van der Waals surface area contributed by atoms with Crippen LogP contribution in [0.2, 0.25) is 0 Å². The van der Waals surface area contributed by atoms with Crippen LogP contribution >= 0.6 is 0 Å². The van der Waals surface area contributed by atoms with Crippen molar-refractivity contribution < 1.29 is 35.6 Å². The number of aliphatic hydroxyl groups is 1. The summed E-state index contributed by atoms with van der Waals surface area (Å²) >= 11 is 0. The van der Waals surface area contributed by atoms with Gasteiger partial charge in [0, 0.05) is 26.6 Å². The molecule has 0 aliphatic carbocycles. The van der Waals surface area contributed by atoms with Gasteiger partial charge in [-0.3, -0.25) is 0 Å². The smallest absolute Gasteiger partial charge is 0.129 e. The fourth-order valence-corrected chi connectivity index (χ4v) is 3.34. The van der Waals surface area contributed by atoms with Gasteiger partial charge >= 0.3 is 0 Å². The zero-order chi connectivity index (χ0) is 17.3. The topological polar surface area (TPSA) is 38.7 Å². The Kier molecular flexibility index (Phi) is 6.34. The molecule has 0 spiro atoms. The molecule has 2 aromatic carbocycles. The second kappa shape index (κ2) is 7.93. The third kappa shape index (κ3) is 3.93. The van der Waals surface area contributed by atoms with Gasteiger partial charge in [-0.2, -0.15) is 0 Å². The summed E-state index contributed by atoms with van der Waals surface area (Å²) in [6, 6.07) is 10.2. The molecule has 1 atom stereocenters. The summed E-state index contributed by atoms with van der Waals surface area (Å²) in [5, 5.41) is 9.62. The number of rotatable bonds is 4. The molecular formula is C21H26O3Pt. The Morgan fingerprint density at radius 1 is 1.08 bits per heavy atom. The molecule has 1 N–H and O–H groups in total. The van der Waals surface area contributed by atoms with Crippen molar-refractivity contribution >= 4 is 0 Å². The van der Waals surface area contributed by atoms with Gasteiger partial charge in [-0.05, 0) is 62.8 Å². The average molecular weight is 522 g/mol. The Labute approximate surface area is 164 Å². The van der Waals surface area contributed by atoms with E-state index in [-0.39, 0.29) is 27.7 Å². The van der Waals surface area contributed by atoms with Crippen LogP contribution in [-0.4, -0.2) is 17.3 Å². The molecule has 0 aromatic heterocycles. The summed E-state index contributed by atoms with van der Waals surface area (Å²) in [6.07, 6.45) is 1.72. The monoisotopic (exact) mass is 521 g/mol. The van der Waals surface area contributed by atoms with E-state index in [0.717, 1.165) is 46.6 Å². The Bertz CT molecular complexity index is 743. The van der Waals surface area contributed by atoms with E-state index < -0.39 is 5.60 Å². The predicted octanol–water partition coefficient (Wildman–Crippen LogP) is 4.26. The van der Waals surface area contributed by atoms with Gasteiger partial charge in [0.1, 0.15) is 23.7 Å². The fraction of sp³-hybridized carbons (Fsp3) is 0.429. The van der Waals surface area contributed by atoms with Crippen molar-refractivity contribution in [3.8, 4) is 11.5 Å². The van der Waals surface area contributed by atoms with Gasteiger partial charge in [0.2, 0.25) is 0 Å². The molecule has 0 amide bonds. The van der Waals surface area contributed by atoms with Crippen LogP contribution in [0, 0.1) is 20.8 Å². The minimum absolute atomic E-state index is 0. The minimum atomic E-state index is -0.483. The first kappa shape index (κ1) is 20.0. The first-order chi connectivity index (χ1) is 11.4. The number of hydrogen-bond acceptors (Lipinski definition) is 3. The first-order valence-corrected chi connectivity index (χ1v) is 8.54. The van der Waals surface area contributed by atoms with Gasteiger partial charge in [-0.15, -0.1) is 0 Å². The van der Waals surface area contributed by atoms with Gasteiger partial charge in [-0.25, -0.2) is 0 Å².